The molecule has 0 aliphatic heterocycles. The fourth-order valence-electron chi connectivity index (χ4n) is 2.00. The highest BCUT2D eigenvalue weighted by Crippen LogP contribution is 2.32. The molecule has 0 bridgehead atoms. The third-order valence-electron chi connectivity index (χ3n) is 3.12. The second kappa shape index (κ2) is 5.82. The highest BCUT2D eigenvalue weighted by atomic mass is 32.2. The Hall–Kier alpha value is -1.93. The second-order valence-electron chi connectivity index (χ2n) is 4.66. The summed E-state index contributed by atoms with van der Waals surface area (Å²) in [6.07, 6.45) is 1.24. The summed E-state index contributed by atoms with van der Waals surface area (Å²) in [6, 6.07) is 5.29. The molecule has 114 valence electrons. The molecule has 1 aromatic carbocycles. The fraction of sp³-hybridized carbons (Fsp3) is 0.385. The third kappa shape index (κ3) is 3.22. The van der Waals surface area contributed by atoms with Gasteiger partial charge in [0.15, 0.2) is 0 Å². The van der Waals surface area contributed by atoms with Crippen LogP contribution in [0.1, 0.15) is 23.2 Å². The molecule has 0 aromatic heterocycles. The van der Waals surface area contributed by atoms with E-state index in [1.165, 1.54) is 24.3 Å². The van der Waals surface area contributed by atoms with Gasteiger partial charge in [0, 0.05) is 6.04 Å². The van der Waals surface area contributed by atoms with Crippen LogP contribution in [0.2, 0.25) is 0 Å². The van der Waals surface area contributed by atoms with Crippen LogP contribution in [0.5, 0.6) is 0 Å². The zero-order chi connectivity index (χ0) is 15.6. The predicted octanol–water partition coefficient (Wildman–Crippen LogP) is 0.711. The lowest BCUT2D eigenvalue weighted by atomic mass is 10.2. The van der Waals surface area contributed by atoms with Gasteiger partial charge in [0.05, 0.1) is 17.6 Å². The van der Waals surface area contributed by atoms with Gasteiger partial charge in [-0.25, -0.2) is 13.2 Å². The summed E-state index contributed by atoms with van der Waals surface area (Å²) in [7, 11) is -2.91. The van der Waals surface area contributed by atoms with Crippen LogP contribution in [-0.4, -0.2) is 49.5 Å². The average Bonchev–Trinajstić information content (AvgIpc) is 3.28. The number of aliphatic carboxylic acids is 1. The van der Waals surface area contributed by atoms with Crippen LogP contribution in [-0.2, 0) is 19.6 Å². The van der Waals surface area contributed by atoms with E-state index in [-0.39, 0.29) is 16.5 Å². The van der Waals surface area contributed by atoms with Crippen LogP contribution in [0.25, 0.3) is 0 Å². The van der Waals surface area contributed by atoms with Crippen molar-refractivity contribution in [2.45, 2.75) is 23.8 Å². The SMILES string of the molecule is COC(=O)c1ccccc1S(=O)(=O)N(CC(=O)O)C1CC1. The molecular weight excluding hydrogens is 298 g/mol. The number of esters is 1. The largest absolute Gasteiger partial charge is 0.480 e. The van der Waals surface area contributed by atoms with Crippen LogP contribution in [0, 0.1) is 0 Å². The van der Waals surface area contributed by atoms with Crippen molar-refractivity contribution >= 4 is 22.0 Å². The molecule has 0 radical (unpaired) electrons. The molecule has 8 heteroatoms. The molecule has 1 N–H and O–H groups in total. The Balaban J connectivity index is 2.47. The van der Waals surface area contributed by atoms with Crippen molar-refractivity contribution in [1.29, 1.82) is 0 Å². The minimum absolute atomic E-state index is 0.101. The van der Waals surface area contributed by atoms with E-state index in [0.29, 0.717) is 12.8 Å². The number of hydrogen-bond donors (Lipinski definition) is 1. The zero-order valence-corrected chi connectivity index (χ0v) is 12.2. The summed E-state index contributed by atoms with van der Waals surface area (Å²) >= 11 is 0. The Labute approximate surface area is 122 Å². The first-order valence-corrected chi connectivity index (χ1v) is 7.73. The van der Waals surface area contributed by atoms with Gasteiger partial charge in [0.2, 0.25) is 10.0 Å². The maximum atomic E-state index is 12.6. The van der Waals surface area contributed by atoms with Gasteiger partial charge in [-0.2, -0.15) is 4.31 Å². The molecule has 0 amide bonds. The highest BCUT2D eigenvalue weighted by Gasteiger charge is 2.40. The molecule has 0 atom stereocenters. The monoisotopic (exact) mass is 313 g/mol. The molecule has 2 rings (SSSR count). The molecule has 1 saturated carbocycles. The van der Waals surface area contributed by atoms with Crippen molar-refractivity contribution in [2.75, 3.05) is 13.7 Å². The van der Waals surface area contributed by atoms with Gasteiger partial charge in [-0.05, 0) is 25.0 Å². The first-order valence-electron chi connectivity index (χ1n) is 6.29. The van der Waals surface area contributed by atoms with Crippen molar-refractivity contribution in [2.24, 2.45) is 0 Å². The number of methoxy groups -OCH3 is 1. The van der Waals surface area contributed by atoms with Gasteiger partial charge < -0.3 is 9.84 Å². The van der Waals surface area contributed by atoms with E-state index in [1.54, 1.807) is 0 Å². The fourth-order valence-corrected chi connectivity index (χ4v) is 3.82. The topological polar surface area (TPSA) is 101 Å². The highest BCUT2D eigenvalue weighted by molar-refractivity contribution is 7.89. The van der Waals surface area contributed by atoms with Gasteiger partial charge in [-0.3, -0.25) is 4.79 Å². The molecule has 21 heavy (non-hydrogen) atoms. The van der Waals surface area contributed by atoms with Crippen LogP contribution >= 0.6 is 0 Å². The maximum Gasteiger partial charge on any atom is 0.339 e. The van der Waals surface area contributed by atoms with Crippen LogP contribution in [0.3, 0.4) is 0 Å². The molecule has 0 unspecified atom stereocenters. The summed E-state index contributed by atoms with van der Waals surface area (Å²) in [4.78, 5) is 22.4. The summed E-state index contributed by atoms with van der Waals surface area (Å²) in [5, 5.41) is 8.90. The average molecular weight is 313 g/mol. The number of benzene rings is 1. The lowest BCUT2D eigenvalue weighted by Gasteiger charge is -2.21. The van der Waals surface area contributed by atoms with Crippen molar-refractivity contribution in [3.05, 3.63) is 29.8 Å². The molecular formula is C13H15NO6S. The van der Waals surface area contributed by atoms with E-state index < -0.39 is 28.5 Å². The number of carbonyl (C=O) groups is 2. The lowest BCUT2D eigenvalue weighted by Crippen LogP contribution is -2.38. The van der Waals surface area contributed by atoms with Crippen LogP contribution < -0.4 is 0 Å². The Morgan fingerprint density at radius 1 is 1.33 bits per heavy atom. The maximum absolute atomic E-state index is 12.6. The van der Waals surface area contributed by atoms with Crippen LogP contribution in [0.4, 0.5) is 0 Å². The van der Waals surface area contributed by atoms with Crippen molar-refractivity contribution < 1.29 is 27.9 Å². The number of nitrogens with zero attached hydrogens (tertiary/aromatic N) is 1. The normalized spacial score (nSPS) is 15.0. The summed E-state index contributed by atoms with van der Waals surface area (Å²) in [5.41, 5.74) is -0.101. The van der Waals surface area contributed by atoms with E-state index in [9.17, 15) is 18.0 Å². The number of ether oxygens (including phenoxy) is 1. The molecule has 1 aromatic rings. The van der Waals surface area contributed by atoms with Crippen LogP contribution in [0.15, 0.2) is 29.2 Å². The number of carboxylic acid groups (broad SMARTS) is 1. The van der Waals surface area contributed by atoms with Gasteiger partial charge in [0.1, 0.15) is 6.54 Å². The number of rotatable bonds is 6. The molecule has 0 saturated heterocycles. The van der Waals surface area contributed by atoms with Gasteiger partial charge >= 0.3 is 11.9 Å². The Morgan fingerprint density at radius 3 is 2.48 bits per heavy atom. The van der Waals surface area contributed by atoms with Gasteiger partial charge in [-0.1, -0.05) is 12.1 Å². The molecule has 1 fully saturated rings. The summed E-state index contributed by atoms with van der Waals surface area (Å²) in [6.45, 7) is -0.623. The minimum atomic E-state index is -4.07. The van der Waals surface area contributed by atoms with E-state index in [4.69, 9.17) is 5.11 Å². The number of carbonyl (C=O) groups excluding carboxylic acids is 1. The molecule has 1 aliphatic rings. The number of sulfonamides is 1. The minimum Gasteiger partial charge on any atom is -0.480 e. The predicted molar refractivity (Wildman–Crippen MR) is 72.3 cm³/mol. The Kier molecular flexibility index (Phi) is 4.29. The Morgan fingerprint density at radius 2 is 1.95 bits per heavy atom. The summed E-state index contributed by atoms with van der Waals surface area (Å²) in [5.74, 6) is -2.01. The van der Waals surface area contributed by atoms with E-state index in [0.717, 1.165) is 11.4 Å². The standard InChI is InChI=1S/C13H15NO6S/c1-20-13(17)10-4-2-3-5-11(10)21(18,19)14(8-12(15)16)9-6-7-9/h2-5,9H,6-8H2,1H3,(H,15,16). The Bertz CT molecular complexity index is 665. The van der Waals surface area contributed by atoms with E-state index in [1.807, 2.05) is 0 Å². The van der Waals surface area contributed by atoms with Crippen molar-refractivity contribution in [1.82, 2.24) is 4.31 Å². The molecule has 0 heterocycles. The first kappa shape index (κ1) is 15.5. The quantitative estimate of drug-likeness (QED) is 0.776. The smallest absolute Gasteiger partial charge is 0.339 e. The lowest BCUT2D eigenvalue weighted by molar-refractivity contribution is -0.137. The first-order chi connectivity index (χ1) is 9.87. The van der Waals surface area contributed by atoms with Gasteiger partial charge in [-0.15, -0.1) is 0 Å². The van der Waals surface area contributed by atoms with E-state index in [2.05, 4.69) is 4.74 Å². The molecule has 1 aliphatic carbocycles. The second-order valence-corrected chi connectivity index (χ2v) is 6.52. The van der Waals surface area contributed by atoms with Gasteiger partial charge in [0.25, 0.3) is 0 Å². The van der Waals surface area contributed by atoms with Crippen molar-refractivity contribution in [3.8, 4) is 0 Å². The van der Waals surface area contributed by atoms with E-state index >= 15 is 0 Å². The molecule has 0 spiro atoms. The van der Waals surface area contributed by atoms with Crippen molar-refractivity contribution in [3.63, 3.8) is 0 Å². The summed E-state index contributed by atoms with van der Waals surface area (Å²) < 4.78 is 30.8. The number of hydrogen-bond acceptors (Lipinski definition) is 5. The molecule has 7 nitrogen and oxygen atoms in total. The zero-order valence-electron chi connectivity index (χ0n) is 11.4. The number of carboxylic acids is 1. The third-order valence-corrected chi connectivity index (χ3v) is 5.08.